The summed E-state index contributed by atoms with van der Waals surface area (Å²) >= 11 is 0. The Hall–Kier alpha value is -0.870. The van der Waals surface area contributed by atoms with E-state index >= 15 is 0 Å². The van der Waals surface area contributed by atoms with Gasteiger partial charge in [0, 0.05) is 38.8 Å². The average Bonchev–Trinajstić information content (AvgIpc) is 3.13. The van der Waals surface area contributed by atoms with Crippen molar-refractivity contribution in [2.24, 2.45) is 0 Å². The lowest BCUT2D eigenvalue weighted by molar-refractivity contribution is -0.126. The van der Waals surface area contributed by atoms with Crippen LogP contribution in [0.15, 0.2) is 12.7 Å². The van der Waals surface area contributed by atoms with Crippen molar-refractivity contribution in [1.82, 2.24) is 15.1 Å². The first-order chi connectivity index (χ1) is 8.20. The number of amides is 1. The third kappa shape index (κ3) is 3.54. The fourth-order valence-electron chi connectivity index (χ4n) is 2.23. The van der Waals surface area contributed by atoms with Crippen LogP contribution in [0, 0.1) is 0 Å². The first kappa shape index (κ1) is 12.6. The van der Waals surface area contributed by atoms with E-state index in [1.54, 1.807) is 0 Å². The third-order valence-corrected chi connectivity index (χ3v) is 3.65. The second kappa shape index (κ2) is 5.65. The van der Waals surface area contributed by atoms with Crippen molar-refractivity contribution in [3.05, 3.63) is 12.7 Å². The Labute approximate surface area is 104 Å². The van der Waals surface area contributed by atoms with Crippen LogP contribution in [0.5, 0.6) is 0 Å². The molecule has 1 heterocycles. The zero-order valence-electron chi connectivity index (χ0n) is 10.7. The molecule has 1 unspecified atom stereocenters. The van der Waals surface area contributed by atoms with Crippen LogP contribution < -0.4 is 5.32 Å². The third-order valence-electron chi connectivity index (χ3n) is 3.65. The number of piperazine rings is 1. The molecule has 0 aromatic heterocycles. The highest BCUT2D eigenvalue weighted by molar-refractivity contribution is 5.81. The Kier molecular flexibility index (Phi) is 4.18. The SMILES string of the molecule is C=CCN1CCN(C(C)C(=O)NC2CC2)CC1. The lowest BCUT2D eigenvalue weighted by Crippen LogP contribution is -2.54. The highest BCUT2D eigenvalue weighted by atomic mass is 16.2. The summed E-state index contributed by atoms with van der Waals surface area (Å²) in [6.07, 6.45) is 4.26. The van der Waals surface area contributed by atoms with Crippen LogP contribution in [-0.2, 0) is 4.79 Å². The minimum Gasteiger partial charge on any atom is -0.352 e. The fourth-order valence-corrected chi connectivity index (χ4v) is 2.23. The Morgan fingerprint density at radius 2 is 2.06 bits per heavy atom. The molecular formula is C13H23N3O. The molecule has 1 saturated carbocycles. The van der Waals surface area contributed by atoms with Gasteiger partial charge in [0.1, 0.15) is 0 Å². The smallest absolute Gasteiger partial charge is 0.237 e. The number of nitrogens with one attached hydrogen (secondary N) is 1. The standard InChI is InChI=1S/C13H23N3O/c1-3-6-15-7-9-16(10-8-15)11(2)13(17)14-12-4-5-12/h3,11-12H,1,4-10H2,2H3,(H,14,17). The summed E-state index contributed by atoms with van der Waals surface area (Å²) in [6.45, 7) is 10.8. The molecule has 1 N–H and O–H groups in total. The van der Waals surface area contributed by atoms with Gasteiger partial charge in [0.05, 0.1) is 6.04 Å². The molecule has 2 rings (SSSR count). The minimum atomic E-state index is 0.0153. The van der Waals surface area contributed by atoms with Gasteiger partial charge < -0.3 is 5.32 Å². The quantitative estimate of drug-likeness (QED) is 0.706. The molecule has 0 bridgehead atoms. The van der Waals surface area contributed by atoms with Crippen molar-refractivity contribution in [2.45, 2.75) is 31.8 Å². The van der Waals surface area contributed by atoms with Gasteiger partial charge >= 0.3 is 0 Å². The zero-order valence-corrected chi connectivity index (χ0v) is 10.7. The van der Waals surface area contributed by atoms with Crippen LogP contribution in [0.2, 0.25) is 0 Å². The van der Waals surface area contributed by atoms with Crippen molar-refractivity contribution < 1.29 is 4.79 Å². The number of nitrogens with zero attached hydrogens (tertiary/aromatic N) is 2. The van der Waals surface area contributed by atoms with Gasteiger partial charge in [-0.3, -0.25) is 14.6 Å². The van der Waals surface area contributed by atoms with Gasteiger partial charge in [-0.1, -0.05) is 6.08 Å². The van der Waals surface area contributed by atoms with Crippen molar-refractivity contribution in [1.29, 1.82) is 0 Å². The van der Waals surface area contributed by atoms with Gasteiger partial charge in [-0.2, -0.15) is 0 Å². The van der Waals surface area contributed by atoms with Gasteiger partial charge in [-0.15, -0.1) is 6.58 Å². The zero-order chi connectivity index (χ0) is 12.3. The lowest BCUT2D eigenvalue weighted by Gasteiger charge is -2.37. The maximum Gasteiger partial charge on any atom is 0.237 e. The largest absolute Gasteiger partial charge is 0.352 e. The van der Waals surface area contributed by atoms with Gasteiger partial charge in [0.2, 0.25) is 5.91 Å². The molecule has 1 aliphatic carbocycles. The van der Waals surface area contributed by atoms with Gasteiger partial charge in [-0.25, -0.2) is 0 Å². The molecule has 0 radical (unpaired) electrons. The summed E-state index contributed by atoms with van der Waals surface area (Å²) in [6, 6.07) is 0.480. The summed E-state index contributed by atoms with van der Waals surface area (Å²) in [5.74, 6) is 0.199. The van der Waals surface area contributed by atoms with E-state index in [0.29, 0.717) is 6.04 Å². The summed E-state index contributed by atoms with van der Waals surface area (Å²) in [5.41, 5.74) is 0. The van der Waals surface area contributed by atoms with Crippen LogP contribution in [0.1, 0.15) is 19.8 Å². The second-order valence-electron chi connectivity index (χ2n) is 5.08. The Morgan fingerprint density at radius 3 is 2.59 bits per heavy atom. The molecule has 0 aromatic rings. The molecule has 1 aliphatic heterocycles. The highest BCUT2D eigenvalue weighted by Crippen LogP contribution is 2.19. The van der Waals surface area contributed by atoms with Gasteiger partial charge in [0.15, 0.2) is 0 Å². The predicted molar refractivity (Wildman–Crippen MR) is 68.8 cm³/mol. The first-order valence-electron chi connectivity index (χ1n) is 6.58. The second-order valence-corrected chi connectivity index (χ2v) is 5.08. The van der Waals surface area contributed by atoms with Crippen molar-refractivity contribution >= 4 is 5.91 Å². The maximum atomic E-state index is 11.9. The summed E-state index contributed by atoms with van der Waals surface area (Å²) in [4.78, 5) is 16.6. The van der Waals surface area contributed by atoms with Gasteiger partial charge in [0.25, 0.3) is 0 Å². The van der Waals surface area contributed by atoms with Crippen molar-refractivity contribution in [2.75, 3.05) is 32.7 Å². The van der Waals surface area contributed by atoms with E-state index in [1.807, 2.05) is 13.0 Å². The molecule has 1 saturated heterocycles. The van der Waals surface area contributed by atoms with E-state index in [-0.39, 0.29) is 11.9 Å². The minimum absolute atomic E-state index is 0.0153. The van der Waals surface area contributed by atoms with Crippen LogP contribution in [-0.4, -0.2) is 60.5 Å². The Bertz CT molecular complexity index is 280. The molecule has 1 amide bonds. The van der Waals surface area contributed by atoms with E-state index in [4.69, 9.17) is 0 Å². The normalized spacial score (nSPS) is 24.3. The number of hydrogen-bond acceptors (Lipinski definition) is 3. The van der Waals surface area contributed by atoms with Crippen LogP contribution >= 0.6 is 0 Å². The predicted octanol–water partition coefficient (Wildman–Crippen LogP) is 0.457. The summed E-state index contributed by atoms with van der Waals surface area (Å²) in [7, 11) is 0. The number of rotatable bonds is 5. The van der Waals surface area contributed by atoms with Crippen LogP contribution in [0.25, 0.3) is 0 Å². The molecule has 17 heavy (non-hydrogen) atoms. The van der Waals surface area contributed by atoms with Crippen molar-refractivity contribution in [3.63, 3.8) is 0 Å². The monoisotopic (exact) mass is 237 g/mol. The Balaban J connectivity index is 1.74. The van der Waals surface area contributed by atoms with E-state index in [1.165, 1.54) is 0 Å². The average molecular weight is 237 g/mol. The summed E-state index contributed by atoms with van der Waals surface area (Å²) in [5, 5.41) is 3.08. The van der Waals surface area contributed by atoms with Crippen molar-refractivity contribution in [3.8, 4) is 0 Å². The molecule has 0 spiro atoms. The molecule has 1 atom stereocenters. The molecule has 0 aromatic carbocycles. The maximum absolute atomic E-state index is 11.9. The molecule has 96 valence electrons. The summed E-state index contributed by atoms with van der Waals surface area (Å²) < 4.78 is 0. The van der Waals surface area contributed by atoms with E-state index in [0.717, 1.165) is 45.6 Å². The number of carbonyl (C=O) groups excluding carboxylic acids is 1. The number of carbonyl (C=O) groups is 1. The van der Waals surface area contributed by atoms with Crippen LogP contribution in [0.3, 0.4) is 0 Å². The fraction of sp³-hybridized carbons (Fsp3) is 0.769. The Morgan fingerprint density at radius 1 is 1.41 bits per heavy atom. The van der Waals surface area contributed by atoms with Gasteiger partial charge in [-0.05, 0) is 19.8 Å². The van der Waals surface area contributed by atoms with Crippen LogP contribution in [0.4, 0.5) is 0 Å². The van der Waals surface area contributed by atoms with E-state index in [2.05, 4.69) is 21.7 Å². The molecular weight excluding hydrogens is 214 g/mol. The highest BCUT2D eigenvalue weighted by Gasteiger charge is 2.29. The molecule has 4 heteroatoms. The topological polar surface area (TPSA) is 35.6 Å². The lowest BCUT2D eigenvalue weighted by atomic mass is 10.2. The van der Waals surface area contributed by atoms with E-state index < -0.39 is 0 Å². The van der Waals surface area contributed by atoms with E-state index in [9.17, 15) is 4.79 Å². The first-order valence-corrected chi connectivity index (χ1v) is 6.58. The molecule has 4 nitrogen and oxygen atoms in total. The number of hydrogen-bond donors (Lipinski definition) is 1. The molecule has 2 fully saturated rings. The molecule has 2 aliphatic rings.